The third-order valence-corrected chi connectivity index (χ3v) is 6.17. The van der Waals surface area contributed by atoms with Crippen molar-refractivity contribution < 1.29 is 19.4 Å². The largest absolute Gasteiger partial charge is 0.499 e. The van der Waals surface area contributed by atoms with Crippen molar-refractivity contribution in [1.82, 2.24) is 5.32 Å². The summed E-state index contributed by atoms with van der Waals surface area (Å²) in [6.45, 7) is 15.5. The summed E-state index contributed by atoms with van der Waals surface area (Å²) in [5.41, 5.74) is 2.39. The fraction of sp³-hybridized carbons (Fsp3) is 0.645. The number of nitriles is 1. The van der Waals surface area contributed by atoms with Crippen LogP contribution in [0.5, 0.6) is 5.75 Å². The Labute approximate surface area is 232 Å². The van der Waals surface area contributed by atoms with Crippen molar-refractivity contribution in [3.05, 3.63) is 40.8 Å². The van der Waals surface area contributed by atoms with E-state index in [0.29, 0.717) is 41.2 Å². The van der Waals surface area contributed by atoms with Crippen LogP contribution < -0.4 is 10.1 Å². The van der Waals surface area contributed by atoms with E-state index < -0.39 is 0 Å². The Morgan fingerprint density at radius 1 is 1.16 bits per heavy atom. The van der Waals surface area contributed by atoms with Crippen LogP contribution in [0.2, 0.25) is 0 Å². The molecule has 1 fully saturated rings. The minimum Gasteiger partial charge on any atom is -0.499 e. The van der Waals surface area contributed by atoms with Gasteiger partial charge in [-0.05, 0) is 83.2 Å². The topological polar surface area (TPSA) is 104 Å². The number of rotatable bonds is 11. The van der Waals surface area contributed by atoms with Crippen LogP contribution >= 0.6 is 0 Å². The van der Waals surface area contributed by atoms with Crippen molar-refractivity contribution in [2.45, 2.75) is 87.0 Å². The summed E-state index contributed by atoms with van der Waals surface area (Å²) >= 11 is 0. The zero-order chi connectivity index (χ0) is 29.3. The van der Waals surface area contributed by atoms with Crippen molar-refractivity contribution in [2.24, 2.45) is 16.8 Å². The van der Waals surface area contributed by atoms with Crippen LogP contribution in [-0.4, -0.2) is 51.0 Å². The molecule has 216 valence electrons. The number of ether oxygens (including phenoxy) is 2. The molecule has 0 aliphatic heterocycles. The summed E-state index contributed by atoms with van der Waals surface area (Å²) in [6.07, 6.45) is 7.90. The zero-order valence-electron chi connectivity index (χ0n) is 25.4. The molecular formula is C31H53N3O4. The van der Waals surface area contributed by atoms with E-state index in [-0.39, 0.29) is 6.61 Å². The third kappa shape index (κ3) is 15.5. The molecule has 1 saturated carbocycles. The highest BCUT2D eigenvalue weighted by Crippen LogP contribution is 2.30. The minimum absolute atomic E-state index is 0.187. The number of aldehydes is 1. The fourth-order valence-electron chi connectivity index (χ4n) is 3.82. The standard InChI is InChI=1S/C17H20N2O3.C10H21NO.2C2H6/c1-5-12(2)19-16(13(3)21-4)11-22-17-7-6-14(10-20)8-15(17)9-18;1-11-8-10-4-2-9(3-5-10)6-7-12;2*1-2/h6-8,10H,5,11H2,1-4H3;9-12H,2-8H2,1H3;2*1-2H3/b16-13+,19-12?;;;. The zero-order valence-corrected chi connectivity index (χ0v) is 25.4. The maximum Gasteiger partial charge on any atom is 0.150 e. The fourth-order valence-corrected chi connectivity index (χ4v) is 3.82. The van der Waals surface area contributed by atoms with Crippen LogP contribution in [-0.2, 0) is 4.74 Å². The number of methoxy groups -OCH3 is 1. The number of benzene rings is 1. The van der Waals surface area contributed by atoms with Gasteiger partial charge in [0.15, 0.2) is 0 Å². The quantitative estimate of drug-likeness (QED) is 0.182. The number of hydrogen-bond donors (Lipinski definition) is 2. The second-order valence-electron chi connectivity index (χ2n) is 8.64. The van der Waals surface area contributed by atoms with Crippen molar-refractivity contribution >= 4 is 12.0 Å². The maximum absolute atomic E-state index is 10.7. The third-order valence-electron chi connectivity index (χ3n) is 6.17. The monoisotopic (exact) mass is 531 g/mol. The SMILES string of the molecule is CC.CC.CCC(C)=N/C(COc1ccc(C=O)cc1C#N)=C(\C)OC.CNCC1CCC(CCO)CC1. The highest BCUT2D eigenvalue weighted by Gasteiger charge is 2.19. The number of carbonyl (C=O) groups excluding carboxylic acids is 1. The molecule has 0 amide bonds. The molecule has 1 aromatic carbocycles. The second kappa shape index (κ2) is 24.6. The first kappa shape index (κ1) is 37.5. The number of carbonyl (C=O) groups is 1. The molecule has 7 heteroatoms. The Morgan fingerprint density at radius 2 is 1.76 bits per heavy atom. The van der Waals surface area contributed by atoms with Gasteiger partial charge in [0, 0.05) is 17.9 Å². The van der Waals surface area contributed by atoms with Gasteiger partial charge < -0.3 is 19.9 Å². The molecule has 0 spiro atoms. The molecule has 1 aliphatic carbocycles. The van der Waals surface area contributed by atoms with Gasteiger partial charge in [-0.3, -0.25) is 9.79 Å². The van der Waals surface area contributed by atoms with Crippen LogP contribution in [0.25, 0.3) is 0 Å². The lowest BCUT2D eigenvalue weighted by molar-refractivity contribution is 0.112. The van der Waals surface area contributed by atoms with E-state index in [0.717, 1.165) is 30.4 Å². The van der Waals surface area contributed by atoms with Gasteiger partial charge in [0.1, 0.15) is 36.2 Å². The number of allylic oxidation sites excluding steroid dienone is 1. The van der Waals surface area contributed by atoms with Gasteiger partial charge in [-0.15, -0.1) is 0 Å². The lowest BCUT2D eigenvalue weighted by atomic mass is 9.81. The smallest absolute Gasteiger partial charge is 0.150 e. The minimum atomic E-state index is 0.187. The first-order valence-electron chi connectivity index (χ1n) is 14.1. The van der Waals surface area contributed by atoms with E-state index in [4.69, 9.17) is 19.8 Å². The summed E-state index contributed by atoms with van der Waals surface area (Å²) in [6, 6.07) is 6.73. The average Bonchev–Trinajstić information content (AvgIpc) is 2.98. The van der Waals surface area contributed by atoms with Gasteiger partial charge in [-0.1, -0.05) is 47.5 Å². The number of nitrogens with zero attached hydrogens (tertiary/aromatic N) is 2. The Kier molecular flexibility index (Phi) is 24.3. The highest BCUT2D eigenvalue weighted by molar-refractivity contribution is 5.82. The summed E-state index contributed by atoms with van der Waals surface area (Å²) in [4.78, 5) is 15.2. The van der Waals surface area contributed by atoms with E-state index in [1.807, 2.05) is 61.6 Å². The molecule has 1 aromatic rings. The lowest BCUT2D eigenvalue weighted by Gasteiger charge is -2.27. The summed E-state index contributed by atoms with van der Waals surface area (Å²) in [5.74, 6) is 2.78. The Balaban J connectivity index is 0. The van der Waals surface area contributed by atoms with Crippen LogP contribution in [0.15, 0.2) is 34.6 Å². The molecule has 2 rings (SSSR count). The van der Waals surface area contributed by atoms with Crippen molar-refractivity contribution in [3.8, 4) is 11.8 Å². The second-order valence-corrected chi connectivity index (χ2v) is 8.64. The summed E-state index contributed by atoms with van der Waals surface area (Å²) in [5, 5.41) is 21.1. The first-order valence-corrected chi connectivity index (χ1v) is 14.1. The van der Waals surface area contributed by atoms with Gasteiger partial charge in [0.25, 0.3) is 0 Å². The molecule has 0 bridgehead atoms. The normalized spacial score (nSPS) is 17.0. The average molecular weight is 532 g/mol. The Morgan fingerprint density at radius 3 is 2.24 bits per heavy atom. The highest BCUT2D eigenvalue weighted by atomic mass is 16.5. The van der Waals surface area contributed by atoms with Gasteiger partial charge in [0.2, 0.25) is 0 Å². The molecular weight excluding hydrogens is 478 g/mol. The number of aliphatic hydroxyl groups excluding tert-OH is 1. The van der Waals surface area contributed by atoms with Gasteiger partial charge in [-0.2, -0.15) is 5.26 Å². The predicted molar refractivity (Wildman–Crippen MR) is 159 cm³/mol. The summed E-state index contributed by atoms with van der Waals surface area (Å²) < 4.78 is 10.9. The van der Waals surface area contributed by atoms with Crippen LogP contribution in [0.4, 0.5) is 0 Å². The molecule has 0 atom stereocenters. The Hall–Kier alpha value is -2.69. The number of aliphatic hydroxyl groups is 1. The molecule has 1 aliphatic rings. The van der Waals surface area contributed by atoms with Crippen LogP contribution in [0.1, 0.15) is 103 Å². The molecule has 0 heterocycles. The van der Waals surface area contributed by atoms with E-state index in [9.17, 15) is 4.79 Å². The first-order chi connectivity index (χ1) is 18.4. The van der Waals surface area contributed by atoms with Crippen LogP contribution in [0, 0.1) is 23.2 Å². The Bertz CT molecular complexity index is 837. The van der Waals surface area contributed by atoms with Gasteiger partial charge in [0.05, 0.1) is 12.7 Å². The van der Waals surface area contributed by atoms with Crippen molar-refractivity contribution in [3.63, 3.8) is 0 Å². The van der Waals surface area contributed by atoms with E-state index in [2.05, 4.69) is 10.3 Å². The molecule has 0 saturated heterocycles. The van der Waals surface area contributed by atoms with E-state index >= 15 is 0 Å². The number of aliphatic imine (C=N–C) groups is 1. The molecule has 2 N–H and O–H groups in total. The van der Waals surface area contributed by atoms with Gasteiger partial charge in [-0.25, -0.2) is 0 Å². The molecule has 0 radical (unpaired) electrons. The molecule has 0 unspecified atom stereocenters. The summed E-state index contributed by atoms with van der Waals surface area (Å²) in [7, 11) is 3.60. The lowest BCUT2D eigenvalue weighted by Crippen LogP contribution is -2.24. The number of nitrogens with one attached hydrogen (secondary N) is 1. The van der Waals surface area contributed by atoms with Gasteiger partial charge >= 0.3 is 0 Å². The van der Waals surface area contributed by atoms with Crippen molar-refractivity contribution in [1.29, 1.82) is 5.26 Å². The molecule has 0 aromatic heterocycles. The van der Waals surface area contributed by atoms with E-state index in [1.165, 1.54) is 38.3 Å². The number of hydrogen-bond acceptors (Lipinski definition) is 7. The van der Waals surface area contributed by atoms with E-state index in [1.54, 1.807) is 19.2 Å². The maximum atomic E-state index is 10.7. The molecule has 38 heavy (non-hydrogen) atoms. The molecule has 7 nitrogen and oxygen atoms in total. The predicted octanol–water partition coefficient (Wildman–Crippen LogP) is 6.95. The van der Waals surface area contributed by atoms with Crippen LogP contribution in [0.3, 0.4) is 0 Å². The van der Waals surface area contributed by atoms with Crippen molar-refractivity contribution in [2.75, 3.05) is 33.9 Å².